The van der Waals surface area contributed by atoms with E-state index in [4.69, 9.17) is 11.6 Å². The van der Waals surface area contributed by atoms with Crippen LogP contribution in [0.25, 0.3) is 0 Å². The predicted molar refractivity (Wildman–Crippen MR) is 87.5 cm³/mol. The molecule has 3 nitrogen and oxygen atoms in total. The smallest absolute Gasteiger partial charge is 0.243 e. The third-order valence-corrected chi connectivity index (χ3v) is 3.53. The molecule has 0 saturated heterocycles. The summed E-state index contributed by atoms with van der Waals surface area (Å²) in [4.78, 5) is 11.8. The molecule has 0 fully saturated rings. The largest absolute Gasteiger partial charge is 0.375 e. The first-order chi connectivity index (χ1) is 9.54. The van der Waals surface area contributed by atoms with Crippen molar-refractivity contribution in [3.63, 3.8) is 0 Å². The van der Waals surface area contributed by atoms with Crippen LogP contribution in [-0.2, 0) is 4.79 Å². The zero-order valence-corrected chi connectivity index (χ0v) is 13.3. The van der Waals surface area contributed by atoms with Gasteiger partial charge >= 0.3 is 0 Å². The molecule has 2 aromatic rings. The van der Waals surface area contributed by atoms with Crippen LogP contribution in [0.2, 0.25) is 5.02 Å². The molecule has 0 bridgehead atoms. The molecule has 0 atom stereocenters. The molecule has 0 spiro atoms. The number of hydrogen-bond acceptors (Lipinski definition) is 2. The standard InChI is InChI=1S/C15H14BrClN2O/c1-10-2-7-14(13(17)8-10)18-9-15(20)19-12-5-3-11(16)4-6-12/h2-8,18H,9H2,1H3,(H,19,20). The highest BCUT2D eigenvalue weighted by atomic mass is 79.9. The molecule has 2 aromatic carbocycles. The van der Waals surface area contributed by atoms with Crippen molar-refractivity contribution in [2.45, 2.75) is 6.92 Å². The lowest BCUT2D eigenvalue weighted by molar-refractivity contribution is -0.114. The molecular weight excluding hydrogens is 340 g/mol. The average Bonchev–Trinajstić information content (AvgIpc) is 2.40. The van der Waals surface area contributed by atoms with E-state index in [9.17, 15) is 4.79 Å². The fourth-order valence-corrected chi connectivity index (χ4v) is 2.24. The maximum absolute atomic E-state index is 11.8. The summed E-state index contributed by atoms with van der Waals surface area (Å²) in [6.45, 7) is 2.13. The summed E-state index contributed by atoms with van der Waals surface area (Å²) in [6.07, 6.45) is 0. The Morgan fingerprint density at radius 1 is 1.20 bits per heavy atom. The van der Waals surface area contributed by atoms with E-state index < -0.39 is 0 Å². The first-order valence-corrected chi connectivity index (χ1v) is 7.27. The molecule has 2 N–H and O–H groups in total. The molecule has 0 unspecified atom stereocenters. The second-order valence-electron chi connectivity index (χ2n) is 4.39. The van der Waals surface area contributed by atoms with E-state index in [2.05, 4.69) is 26.6 Å². The summed E-state index contributed by atoms with van der Waals surface area (Å²) >= 11 is 9.44. The number of rotatable bonds is 4. The van der Waals surface area contributed by atoms with Gasteiger partial charge in [0.1, 0.15) is 0 Å². The van der Waals surface area contributed by atoms with Gasteiger partial charge in [0.25, 0.3) is 0 Å². The van der Waals surface area contributed by atoms with E-state index >= 15 is 0 Å². The van der Waals surface area contributed by atoms with Gasteiger partial charge in [-0.05, 0) is 48.9 Å². The molecule has 20 heavy (non-hydrogen) atoms. The van der Waals surface area contributed by atoms with E-state index in [1.54, 1.807) is 0 Å². The third kappa shape index (κ3) is 4.25. The van der Waals surface area contributed by atoms with Crippen LogP contribution in [0.15, 0.2) is 46.9 Å². The third-order valence-electron chi connectivity index (χ3n) is 2.69. The summed E-state index contributed by atoms with van der Waals surface area (Å²) in [7, 11) is 0. The van der Waals surface area contributed by atoms with Gasteiger partial charge in [-0.15, -0.1) is 0 Å². The second-order valence-corrected chi connectivity index (χ2v) is 5.71. The monoisotopic (exact) mass is 352 g/mol. The van der Waals surface area contributed by atoms with Gasteiger partial charge in [-0.2, -0.15) is 0 Å². The van der Waals surface area contributed by atoms with E-state index in [-0.39, 0.29) is 12.5 Å². The molecule has 0 aliphatic rings. The maximum atomic E-state index is 11.8. The Balaban J connectivity index is 1.90. The number of nitrogens with one attached hydrogen (secondary N) is 2. The topological polar surface area (TPSA) is 41.1 Å². The Morgan fingerprint density at radius 3 is 2.55 bits per heavy atom. The molecular formula is C15H14BrClN2O. The fraction of sp³-hybridized carbons (Fsp3) is 0.133. The van der Waals surface area contributed by atoms with Gasteiger partial charge < -0.3 is 10.6 Å². The highest BCUT2D eigenvalue weighted by Gasteiger charge is 2.04. The van der Waals surface area contributed by atoms with Crippen molar-refractivity contribution in [3.05, 3.63) is 57.5 Å². The molecule has 5 heteroatoms. The van der Waals surface area contributed by atoms with Crippen molar-refractivity contribution in [1.29, 1.82) is 0 Å². The van der Waals surface area contributed by atoms with Crippen LogP contribution in [0.4, 0.5) is 11.4 Å². The Kier molecular flexibility index (Phi) is 5.04. The molecule has 0 heterocycles. The van der Waals surface area contributed by atoms with Crippen LogP contribution in [0.3, 0.4) is 0 Å². The van der Waals surface area contributed by atoms with Crippen molar-refractivity contribution in [2.24, 2.45) is 0 Å². The SMILES string of the molecule is Cc1ccc(NCC(=O)Nc2ccc(Br)cc2)c(Cl)c1. The van der Waals surface area contributed by atoms with Crippen LogP contribution in [0, 0.1) is 6.92 Å². The zero-order chi connectivity index (χ0) is 14.5. The van der Waals surface area contributed by atoms with Crippen LogP contribution in [-0.4, -0.2) is 12.5 Å². The molecule has 2 rings (SSSR count). The number of carbonyl (C=O) groups excluding carboxylic acids is 1. The minimum atomic E-state index is -0.121. The number of carbonyl (C=O) groups is 1. The Bertz CT molecular complexity index is 614. The molecule has 0 aliphatic heterocycles. The summed E-state index contributed by atoms with van der Waals surface area (Å²) < 4.78 is 0.972. The normalized spacial score (nSPS) is 10.2. The number of benzene rings is 2. The van der Waals surface area contributed by atoms with E-state index in [0.717, 1.165) is 21.4 Å². The van der Waals surface area contributed by atoms with Gasteiger partial charge in [-0.25, -0.2) is 0 Å². The first kappa shape index (κ1) is 14.9. The Morgan fingerprint density at radius 2 is 1.90 bits per heavy atom. The average molecular weight is 354 g/mol. The predicted octanol–water partition coefficient (Wildman–Crippen LogP) is 4.46. The summed E-state index contributed by atoms with van der Waals surface area (Å²) in [6, 6.07) is 13.1. The number of halogens is 2. The number of amides is 1. The minimum absolute atomic E-state index is 0.121. The highest BCUT2D eigenvalue weighted by Crippen LogP contribution is 2.22. The van der Waals surface area contributed by atoms with Crippen LogP contribution < -0.4 is 10.6 Å². The van der Waals surface area contributed by atoms with Gasteiger partial charge in [-0.3, -0.25) is 4.79 Å². The van der Waals surface area contributed by atoms with Crippen LogP contribution in [0.1, 0.15) is 5.56 Å². The molecule has 0 radical (unpaired) electrons. The van der Waals surface area contributed by atoms with Crippen molar-refractivity contribution in [1.82, 2.24) is 0 Å². The minimum Gasteiger partial charge on any atom is -0.375 e. The Hall–Kier alpha value is -1.52. The van der Waals surface area contributed by atoms with Gasteiger partial charge in [0, 0.05) is 10.2 Å². The molecule has 0 aromatic heterocycles. The highest BCUT2D eigenvalue weighted by molar-refractivity contribution is 9.10. The lowest BCUT2D eigenvalue weighted by Crippen LogP contribution is -2.21. The lowest BCUT2D eigenvalue weighted by atomic mass is 10.2. The molecule has 0 saturated carbocycles. The quantitative estimate of drug-likeness (QED) is 0.852. The van der Waals surface area contributed by atoms with Crippen LogP contribution in [0.5, 0.6) is 0 Å². The van der Waals surface area contributed by atoms with Gasteiger partial charge in [0.15, 0.2) is 0 Å². The summed E-state index contributed by atoms with van der Waals surface area (Å²) in [5.74, 6) is -0.121. The number of hydrogen-bond donors (Lipinski definition) is 2. The van der Waals surface area contributed by atoms with E-state index in [0.29, 0.717) is 5.02 Å². The van der Waals surface area contributed by atoms with Crippen LogP contribution >= 0.6 is 27.5 Å². The van der Waals surface area contributed by atoms with Gasteiger partial charge in [0.2, 0.25) is 5.91 Å². The van der Waals surface area contributed by atoms with Crippen molar-refractivity contribution < 1.29 is 4.79 Å². The van der Waals surface area contributed by atoms with Crippen molar-refractivity contribution in [3.8, 4) is 0 Å². The fourth-order valence-electron chi connectivity index (χ4n) is 1.68. The van der Waals surface area contributed by atoms with Crippen molar-refractivity contribution in [2.75, 3.05) is 17.2 Å². The molecule has 104 valence electrons. The number of anilines is 2. The maximum Gasteiger partial charge on any atom is 0.243 e. The summed E-state index contributed by atoms with van der Waals surface area (Å²) in [5.41, 5.74) is 2.60. The first-order valence-electron chi connectivity index (χ1n) is 6.10. The van der Waals surface area contributed by atoms with E-state index in [1.165, 1.54) is 0 Å². The van der Waals surface area contributed by atoms with E-state index in [1.807, 2.05) is 49.4 Å². The van der Waals surface area contributed by atoms with Gasteiger partial charge in [0.05, 0.1) is 17.3 Å². The number of aryl methyl sites for hydroxylation is 1. The molecule has 0 aliphatic carbocycles. The Labute approximate surface area is 131 Å². The van der Waals surface area contributed by atoms with Crippen molar-refractivity contribution >= 4 is 44.8 Å². The second kappa shape index (κ2) is 6.77. The summed E-state index contributed by atoms with van der Waals surface area (Å²) in [5, 5.41) is 6.44. The zero-order valence-electron chi connectivity index (χ0n) is 10.9. The lowest BCUT2D eigenvalue weighted by Gasteiger charge is -2.09. The molecule has 1 amide bonds. The van der Waals surface area contributed by atoms with Gasteiger partial charge in [-0.1, -0.05) is 33.6 Å².